The number of benzene rings is 1. The molecule has 0 radical (unpaired) electrons. The van der Waals surface area contributed by atoms with Crippen LogP contribution in [0.1, 0.15) is 31.9 Å². The standard InChI is InChI=1S/C16H20FNO/c1-2-18-15(11-3-4-11)7-6-14-10-12-9-13(17)5-8-16(12)19-14/h5,8-11,15,18H,2-4,6-7H2,1H3. The molecule has 1 unspecified atom stereocenters. The van der Waals surface area contributed by atoms with Gasteiger partial charge in [-0.1, -0.05) is 6.92 Å². The lowest BCUT2D eigenvalue weighted by atomic mass is 10.1. The van der Waals surface area contributed by atoms with E-state index in [2.05, 4.69) is 12.2 Å². The Bertz CT molecular complexity index is 559. The number of hydrogen-bond donors (Lipinski definition) is 1. The van der Waals surface area contributed by atoms with Crippen molar-refractivity contribution in [3.05, 3.63) is 35.8 Å². The SMILES string of the molecule is CCNC(CCc1cc2cc(F)ccc2o1)C1CC1. The molecule has 1 atom stereocenters. The molecule has 3 heteroatoms. The van der Waals surface area contributed by atoms with Gasteiger partial charge < -0.3 is 9.73 Å². The molecule has 1 heterocycles. The number of halogens is 1. The summed E-state index contributed by atoms with van der Waals surface area (Å²) in [5.74, 6) is 1.61. The van der Waals surface area contributed by atoms with Gasteiger partial charge in [-0.15, -0.1) is 0 Å². The molecule has 102 valence electrons. The van der Waals surface area contributed by atoms with Crippen molar-refractivity contribution in [1.82, 2.24) is 5.32 Å². The molecule has 0 saturated heterocycles. The molecule has 2 aromatic rings. The van der Waals surface area contributed by atoms with Crippen LogP contribution in [-0.2, 0) is 6.42 Å². The molecule has 0 aliphatic heterocycles. The summed E-state index contributed by atoms with van der Waals surface area (Å²) >= 11 is 0. The van der Waals surface area contributed by atoms with Crippen LogP contribution >= 0.6 is 0 Å². The van der Waals surface area contributed by atoms with Crippen molar-refractivity contribution >= 4 is 11.0 Å². The first kappa shape index (κ1) is 12.7. The summed E-state index contributed by atoms with van der Waals surface area (Å²) in [6, 6.07) is 7.26. The number of nitrogens with one attached hydrogen (secondary N) is 1. The normalized spacial score (nSPS) is 16.9. The predicted octanol–water partition coefficient (Wildman–Crippen LogP) is 3.89. The number of aryl methyl sites for hydroxylation is 1. The van der Waals surface area contributed by atoms with Crippen LogP contribution in [0.3, 0.4) is 0 Å². The molecule has 1 aliphatic rings. The fourth-order valence-corrected chi connectivity index (χ4v) is 2.76. The van der Waals surface area contributed by atoms with Gasteiger partial charge in [0, 0.05) is 17.8 Å². The van der Waals surface area contributed by atoms with E-state index in [1.165, 1.54) is 25.0 Å². The first-order chi connectivity index (χ1) is 9.26. The first-order valence-corrected chi connectivity index (χ1v) is 7.17. The van der Waals surface area contributed by atoms with Gasteiger partial charge in [-0.2, -0.15) is 0 Å². The maximum atomic E-state index is 13.1. The van der Waals surface area contributed by atoms with Gasteiger partial charge in [0.1, 0.15) is 17.2 Å². The summed E-state index contributed by atoms with van der Waals surface area (Å²) in [6.45, 7) is 3.17. The number of hydrogen-bond acceptors (Lipinski definition) is 2. The second-order valence-electron chi connectivity index (χ2n) is 5.44. The highest BCUT2D eigenvalue weighted by molar-refractivity contribution is 5.77. The summed E-state index contributed by atoms with van der Waals surface area (Å²) in [7, 11) is 0. The lowest BCUT2D eigenvalue weighted by Crippen LogP contribution is -2.31. The summed E-state index contributed by atoms with van der Waals surface area (Å²) in [5.41, 5.74) is 0.780. The van der Waals surface area contributed by atoms with E-state index >= 15 is 0 Å². The van der Waals surface area contributed by atoms with Crippen LogP contribution in [0.15, 0.2) is 28.7 Å². The average molecular weight is 261 g/mol. The monoisotopic (exact) mass is 261 g/mol. The van der Waals surface area contributed by atoms with Crippen LogP contribution in [0, 0.1) is 11.7 Å². The molecule has 1 saturated carbocycles. The zero-order chi connectivity index (χ0) is 13.2. The van der Waals surface area contributed by atoms with Crippen molar-refractivity contribution in [3.8, 4) is 0 Å². The average Bonchev–Trinajstić information content (AvgIpc) is 3.15. The van der Waals surface area contributed by atoms with Gasteiger partial charge in [0.2, 0.25) is 0 Å². The summed E-state index contributed by atoms with van der Waals surface area (Å²) < 4.78 is 18.9. The zero-order valence-electron chi connectivity index (χ0n) is 11.3. The van der Waals surface area contributed by atoms with Gasteiger partial charge >= 0.3 is 0 Å². The lowest BCUT2D eigenvalue weighted by molar-refractivity contribution is 0.426. The fourth-order valence-electron chi connectivity index (χ4n) is 2.76. The van der Waals surface area contributed by atoms with Gasteiger partial charge in [-0.3, -0.25) is 0 Å². The third-order valence-corrected chi connectivity index (χ3v) is 3.89. The zero-order valence-corrected chi connectivity index (χ0v) is 11.3. The number of fused-ring (bicyclic) bond motifs is 1. The number of rotatable bonds is 6. The van der Waals surface area contributed by atoms with Crippen LogP contribution in [0.5, 0.6) is 0 Å². The van der Waals surface area contributed by atoms with Crippen molar-refractivity contribution in [2.45, 2.75) is 38.6 Å². The Hall–Kier alpha value is -1.35. The Morgan fingerprint density at radius 1 is 1.37 bits per heavy atom. The van der Waals surface area contributed by atoms with E-state index in [9.17, 15) is 4.39 Å². The molecule has 1 aromatic heterocycles. The Balaban J connectivity index is 1.67. The van der Waals surface area contributed by atoms with Crippen LogP contribution in [-0.4, -0.2) is 12.6 Å². The second kappa shape index (κ2) is 5.33. The lowest BCUT2D eigenvalue weighted by Gasteiger charge is -2.16. The summed E-state index contributed by atoms with van der Waals surface area (Å²) in [4.78, 5) is 0. The minimum absolute atomic E-state index is 0.205. The molecule has 1 N–H and O–H groups in total. The van der Waals surface area contributed by atoms with E-state index in [1.807, 2.05) is 6.07 Å². The maximum Gasteiger partial charge on any atom is 0.134 e. The second-order valence-corrected chi connectivity index (χ2v) is 5.44. The molecular formula is C16H20FNO. The van der Waals surface area contributed by atoms with Gasteiger partial charge in [0.15, 0.2) is 0 Å². The Morgan fingerprint density at radius 3 is 2.95 bits per heavy atom. The third-order valence-electron chi connectivity index (χ3n) is 3.89. The molecule has 1 aliphatic carbocycles. The minimum atomic E-state index is -0.205. The van der Waals surface area contributed by atoms with E-state index in [0.29, 0.717) is 6.04 Å². The van der Waals surface area contributed by atoms with Gasteiger partial charge in [0.05, 0.1) is 0 Å². The Kier molecular flexibility index (Phi) is 3.56. The highest BCUT2D eigenvalue weighted by Gasteiger charge is 2.30. The molecule has 1 aromatic carbocycles. The van der Waals surface area contributed by atoms with Crippen molar-refractivity contribution < 1.29 is 8.81 Å². The minimum Gasteiger partial charge on any atom is -0.461 e. The summed E-state index contributed by atoms with van der Waals surface area (Å²) in [6.07, 6.45) is 4.72. The Labute approximate surface area is 113 Å². The van der Waals surface area contributed by atoms with Gasteiger partial charge in [-0.25, -0.2) is 4.39 Å². The first-order valence-electron chi connectivity index (χ1n) is 7.17. The van der Waals surface area contributed by atoms with Gasteiger partial charge in [-0.05, 0) is 56.0 Å². The maximum absolute atomic E-state index is 13.1. The van der Waals surface area contributed by atoms with Gasteiger partial charge in [0.25, 0.3) is 0 Å². The van der Waals surface area contributed by atoms with Crippen LogP contribution < -0.4 is 5.32 Å². The molecule has 2 nitrogen and oxygen atoms in total. The molecule has 3 rings (SSSR count). The van der Waals surface area contributed by atoms with E-state index in [1.54, 1.807) is 6.07 Å². The van der Waals surface area contributed by atoms with Crippen molar-refractivity contribution in [1.29, 1.82) is 0 Å². The van der Waals surface area contributed by atoms with E-state index in [-0.39, 0.29) is 5.82 Å². The number of furan rings is 1. The highest BCUT2D eigenvalue weighted by atomic mass is 19.1. The van der Waals surface area contributed by atoms with Crippen LogP contribution in [0.2, 0.25) is 0 Å². The largest absolute Gasteiger partial charge is 0.461 e. The van der Waals surface area contributed by atoms with E-state index in [4.69, 9.17) is 4.42 Å². The topological polar surface area (TPSA) is 25.2 Å². The fraction of sp³-hybridized carbons (Fsp3) is 0.500. The van der Waals surface area contributed by atoms with Crippen molar-refractivity contribution in [2.24, 2.45) is 5.92 Å². The van der Waals surface area contributed by atoms with Crippen LogP contribution in [0.4, 0.5) is 4.39 Å². The molecular weight excluding hydrogens is 241 g/mol. The highest BCUT2D eigenvalue weighted by Crippen LogP contribution is 2.34. The third kappa shape index (κ3) is 2.98. The molecule has 0 amide bonds. The smallest absolute Gasteiger partial charge is 0.134 e. The van der Waals surface area contributed by atoms with Crippen molar-refractivity contribution in [2.75, 3.05) is 6.54 Å². The van der Waals surface area contributed by atoms with Crippen molar-refractivity contribution in [3.63, 3.8) is 0 Å². The van der Waals surface area contributed by atoms with Crippen LogP contribution in [0.25, 0.3) is 11.0 Å². The van der Waals surface area contributed by atoms with E-state index < -0.39 is 0 Å². The molecule has 0 spiro atoms. The molecule has 1 fully saturated rings. The quantitative estimate of drug-likeness (QED) is 0.853. The molecule has 0 bridgehead atoms. The summed E-state index contributed by atoms with van der Waals surface area (Å²) in [5, 5.41) is 4.42. The molecule has 19 heavy (non-hydrogen) atoms. The Morgan fingerprint density at radius 2 is 2.21 bits per heavy atom. The van der Waals surface area contributed by atoms with E-state index in [0.717, 1.165) is 42.0 Å². The predicted molar refractivity (Wildman–Crippen MR) is 74.7 cm³/mol.